The van der Waals surface area contributed by atoms with Gasteiger partial charge in [-0.1, -0.05) is 35.9 Å². The number of aromatic nitrogens is 4. The first kappa shape index (κ1) is 21.0. The van der Waals surface area contributed by atoms with Gasteiger partial charge in [-0.3, -0.25) is 9.89 Å². The summed E-state index contributed by atoms with van der Waals surface area (Å²) in [5.41, 5.74) is 5.83. The van der Waals surface area contributed by atoms with E-state index in [1.54, 1.807) is 17.3 Å². The average Bonchev–Trinajstić information content (AvgIpc) is 3.31. The number of hydrogen-bond acceptors (Lipinski definition) is 6. The number of fused-ring (bicyclic) bond motifs is 1. The zero-order chi connectivity index (χ0) is 22.8. The number of nitrogens with one attached hydrogen (secondary N) is 3. The van der Waals surface area contributed by atoms with Crippen LogP contribution in [0.2, 0.25) is 5.02 Å². The lowest BCUT2D eigenvalue weighted by molar-refractivity contribution is -0.130. The smallest absolute Gasteiger partial charge is 0.229 e. The molecule has 5 rings (SSSR count). The number of carbonyl (C=O) groups is 1. The predicted molar refractivity (Wildman–Crippen MR) is 129 cm³/mol. The highest BCUT2D eigenvalue weighted by Gasteiger charge is 2.18. The lowest BCUT2D eigenvalue weighted by Crippen LogP contribution is -2.24. The number of H-pyrrole nitrogens is 1. The summed E-state index contributed by atoms with van der Waals surface area (Å²) in [4.78, 5) is 22.7. The summed E-state index contributed by atoms with van der Waals surface area (Å²) in [6.07, 6.45) is 4.56. The second-order valence-electron chi connectivity index (χ2n) is 7.89. The topological polar surface area (TPSA) is 98.8 Å². The number of para-hydroxylation sites is 1. The standard InChI is InChI=1S/C24H22ClN7O/c1-32-14-16-12-17(8-6-15(16)7-9-22(32)33)28-24-26-13-19(25)23(30-24)29-20-5-3-2-4-18(20)21-10-11-27-31-21/h2-6,8,10-13H,7,9,14H2,1H3,(H,27,31)(H2,26,28,29,30). The van der Waals surface area contributed by atoms with Gasteiger partial charge in [0.2, 0.25) is 11.9 Å². The van der Waals surface area contributed by atoms with E-state index in [1.807, 2.05) is 49.5 Å². The fraction of sp³-hybridized carbons (Fsp3) is 0.167. The number of halogens is 1. The van der Waals surface area contributed by atoms with Crippen LogP contribution in [-0.4, -0.2) is 38.0 Å². The molecule has 0 fully saturated rings. The first-order valence-corrected chi connectivity index (χ1v) is 11.0. The molecule has 0 unspecified atom stereocenters. The zero-order valence-electron chi connectivity index (χ0n) is 18.0. The maximum absolute atomic E-state index is 12.0. The van der Waals surface area contributed by atoms with Gasteiger partial charge in [-0.05, 0) is 41.8 Å². The largest absolute Gasteiger partial charge is 0.341 e. The van der Waals surface area contributed by atoms with Crippen LogP contribution >= 0.6 is 11.6 Å². The molecule has 4 aromatic rings. The van der Waals surface area contributed by atoms with Crippen LogP contribution in [0.1, 0.15) is 17.5 Å². The van der Waals surface area contributed by atoms with Gasteiger partial charge >= 0.3 is 0 Å². The van der Waals surface area contributed by atoms with Crippen LogP contribution in [0, 0.1) is 0 Å². The average molecular weight is 460 g/mol. The number of rotatable bonds is 5. The highest BCUT2D eigenvalue weighted by atomic mass is 35.5. The molecule has 2 aromatic heterocycles. The number of hydrogen-bond donors (Lipinski definition) is 3. The fourth-order valence-corrected chi connectivity index (χ4v) is 4.01. The normalized spacial score (nSPS) is 13.4. The van der Waals surface area contributed by atoms with E-state index in [9.17, 15) is 4.79 Å². The van der Waals surface area contributed by atoms with Crippen LogP contribution in [0.5, 0.6) is 0 Å². The van der Waals surface area contributed by atoms with E-state index < -0.39 is 0 Å². The third kappa shape index (κ3) is 4.51. The quantitative estimate of drug-likeness (QED) is 0.392. The molecule has 0 atom stereocenters. The lowest BCUT2D eigenvalue weighted by Gasteiger charge is -2.16. The first-order valence-electron chi connectivity index (χ1n) is 10.6. The van der Waals surface area contributed by atoms with Crippen LogP contribution in [-0.2, 0) is 17.8 Å². The van der Waals surface area contributed by atoms with Crippen molar-refractivity contribution in [1.29, 1.82) is 0 Å². The molecule has 3 heterocycles. The van der Waals surface area contributed by atoms with Crippen molar-refractivity contribution >= 4 is 40.6 Å². The summed E-state index contributed by atoms with van der Waals surface area (Å²) >= 11 is 6.40. The molecule has 166 valence electrons. The lowest BCUT2D eigenvalue weighted by atomic mass is 10.0. The molecule has 0 bridgehead atoms. The van der Waals surface area contributed by atoms with Gasteiger partial charge in [0.05, 0.1) is 11.9 Å². The molecule has 3 N–H and O–H groups in total. The third-order valence-corrected chi connectivity index (χ3v) is 5.90. The minimum absolute atomic E-state index is 0.160. The number of benzene rings is 2. The summed E-state index contributed by atoms with van der Waals surface area (Å²) in [6, 6.07) is 15.8. The summed E-state index contributed by atoms with van der Waals surface area (Å²) in [6.45, 7) is 0.586. The Morgan fingerprint density at radius 2 is 1.94 bits per heavy atom. The Bertz CT molecular complexity index is 1310. The van der Waals surface area contributed by atoms with Gasteiger partial charge in [-0.15, -0.1) is 0 Å². The molecular formula is C24H22ClN7O. The van der Waals surface area contributed by atoms with E-state index in [4.69, 9.17) is 11.6 Å². The summed E-state index contributed by atoms with van der Waals surface area (Å²) in [5, 5.41) is 14.0. The Hall–Kier alpha value is -3.91. The molecule has 1 amide bonds. The van der Waals surface area contributed by atoms with Crippen LogP contribution in [0.4, 0.5) is 23.1 Å². The molecule has 9 heteroatoms. The van der Waals surface area contributed by atoms with Crippen molar-refractivity contribution in [1.82, 2.24) is 25.1 Å². The minimum atomic E-state index is 0.160. The van der Waals surface area contributed by atoms with Crippen molar-refractivity contribution in [2.75, 3.05) is 17.7 Å². The van der Waals surface area contributed by atoms with Crippen LogP contribution in [0.15, 0.2) is 60.9 Å². The van der Waals surface area contributed by atoms with Crippen LogP contribution in [0.3, 0.4) is 0 Å². The molecule has 1 aliphatic rings. The summed E-state index contributed by atoms with van der Waals surface area (Å²) < 4.78 is 0. The SMILES string of the molecule is CN1Cc2cc(Nc3ncc(Cl)c(Nc4ccccc4-c4ccn[nH]4)n3)ccc2CCC1=O. The second kappa shape index (κ2) is 8.91. The number of aromatic amines is 1. The van der Waals surface area contributed by atoms with Gasteiger partial charge in [0.15, 0.2) is 5.82 Å². The van der Waals surface area contributed by atoms with Gasteiger partial charge < -0.3 is 15.5 Å². The molecule has 0 radical (unpaired) electrons. The molecule has 0 spiro atoms. The Labute approximate surface area is 196 Å². The molecule has 8 nitrogen and oxygen atoms in total. The maximum Gasteiger partial charge on any atom is 0.229 e. The highest BCUT2D eigenvalue weighted by molar-refractivity contribution is 6.33. The van der Waals surface area contributed by atoms with Crippen LogP contribution in [0.25, 0.3) is 11.3 Å². The van der Waals surface area contributed by atoms with Crippen LogP contribution < -0.4 is 10.6 Å². The third-order valence-electron chi connectivity index (χ3n) is 5.62. The van der Waals surface area contributed by atoms with E-state index in [-0.39, 0.29) is 5.91 Å². The molecule has 2 aromatic carbocycles. The summed E-state index contributed by atoms with van der Waals surface area (Å²) in [7, 11) is 1.83. The Morgan fingerprint density at radius 1 is 1.06 bits per heavy atom. The van der Waals surface area contributed by atoms with Gasteiger partial charge in [0, 0.05) is 43.1 Å². The Balaban J connectivity index is 1.40. The predicted octanol–water partition coefficient (Wildman–Crippen LogP) is 4.91. The molecule has 0 saturated carbocycles. The van der Waals surface area contributed by atoms with Crippen molar-refractivity contribution in [2.45, 2.75) is 19.4 Å². The number of amides is 1. The van der Waals surface area contributed by atoms with E-state index in [1.165, 1.54) is 5.56 Å². The molecule has 0 aliphatic carbocycles. The van der Waals surface area contributed by atoms with Crippen molar-refractivity contribution in [3.05, 3.63) is 77.1 Å². The summed E-state index contributed by atoms with van der Waals surface area (Å²) in [5.74, 6) is 1.06. The molecule has 1 aliphatic heterocycles. The van der Waals surface area contributed by atoms with Gasteiger partial charge in [-0.2, -0.15) is 10.1 Å². The van der Waals surface area contributed by atoms with Gasteiger partial charge in [-0.25, -0.2) is 4.98 Å². The number of nitrogens with zero attached hydrogens (tertiary/aromatic N) is 4. The number of carbonyl (C=O) groups excluding carboxylic acids is 1. The van der Waals surface area contributed by atoms with Crippen molar-refractivity contribution < 1.29 is 4.79 Å². The number of anilines is 4. The molecule has 33 heavy (non-hydrogen) atoms. The first-order chi connectivity index (χ1) is 16.1. The van der Waals surface area contributed by atoms with E-state index >= 15 is 0 Å². The highest BCUT2D eigenvalue weighted by Crippen LogP contribution is 2.31. The fourth-order valence-electron chi connectivity index (χ4n) is 3.88. The van der Waals surface area contributed by atoms with E-state index in [0.717, 1.165) is 34.6 Å². The second-order valence-corrected chi connectivity index (χ2v) is 8.30. The Kier molecular flexibility index (Phi) is 5.66. The zero-order valence-corrected chi connectivity index (χ0v) is 18.7. The Morgan fingerprint density at radius 3 is 2.79 bits per heavy atom. The van der Waals surface area contributed by atoms with Crippen molar-refractivity contribution in [3.63, 3.8) is 0 Å². The van der Waals surface area contributed by atoms with E-state index in [0.29, 0.717) is 29.8 Å². The monoisotopic (exact) mass is 459 g/mol. The minimum Gasteiger partial charge on any atom is -0.341 e. The van der Waals surface area contributed by atoms with Gasteiger partial charge in [0.25, 0.3) is 0 Å². The van der Waals surface area contributed by atoms with Crippen molar-refractivity contribution in [3.8, 4) is 11.3 Å². The number of aryl methyl sites for hydroxylation is 1. The van der Waals surface area contributed by atoms with E-state index in [2.05, 4.69) is 36.9 Å². The molecule has 0 saturated heterocycles. The molecular weight excluding hydrogens is 438 g/mol. The van der Waals surface area contributed by atoms with Crippen molar-refractivity contribution in [2.24, 2.45) is 0 Å². The maximum atomic E-state index is 12.0. The van der Waals surface area contributed by atoms with Gasteiger partial charge in [0.1, 0.15) is 5.02 Å².